The van der Waals surface area contributed by atoms with Crippen LogP contribution in [-0.2, 0) is 0 Å². The first-order chi connectivity index (χ1) is 10.2. The molecule has 2 heterocycles. The number of hydrogen-bond acceptors (Lipinski definition) is 2. The van der Waals surface area contributed by atoms with Crippen molar-refractivity contribution in [2.75, 3.05) is 13.1 Å². The zero-order valence-corrected chi connectivity index (χ0v) is 12.6. The molecule has 0 aliphatic carbocycles. The second-order valence-corrected chi connectivity index (χ2v) is 5.84. The SMILES string of the molecule is CC(C)c1c(C(=O)N2CCCC2)cnn1-c1ccccc1. The first-order valence-electron chi connectivity index (χ1n) is 7.61. The summed E-state index contributed by atoms with van der Waals surface area (Å²) in [6, 6.07) is 10.00. The molecule has 110 valence electrons. The van der Waals surface area contributed by atoms with E-state index in [0.29, 0.717) is 0 Å². The first-order valence-corrected chi connectivity index (χ1v) is 7.61. The second kappa shape index (κ2) is 5.72. The molecule has 1 fully saturated rings. The standard InChI is InChI=1S/C17H21N3O/c1-13(2)16-15(17(21)19-10-6-7-11-19)12-18-20(16)14-8-4-3-5-9-14/h3-5,8-9,12-13H,6-7,10-11H2,1-2H3. The van der Waals surface area contributed by atoms with Crippen molar-refractivity contribution in [3.05, 3.63) is 47.8 Å². The van der Waals surface area contributed by atoms with Crippen LogP contribution >= 0.6 is 0 Å². The number of hydrogen-bond donors (Lipinski definition) is 0. The maximum absolute atomic E-state index is 12.7. The molecule has 0 N–H and O–H groups in total. The summed E-state index contributed by atoms with van der Waals surface area (Å²) in [4.78, 5) is 14.6. The predicted octanol–water partition coefficient (Wildman–Crippen LogP) is 3.23. The van der Waals surface area contributed by atoms with Gasteiger partial charge in [-0.25, -0.2) is 4.68 Å². The lowest BCUT2D eigenvalue weighted by molar-refractivity contribution is 0.0791. The van der Waals surface area contributed by atoms with Gasteiger partial charge < -0.3 is 4.90 Å². The molecule has 1 amide bonds. The van der Waals surface area contributed by atoms with Crippen molar-refractivity contribution in [3.8, 4) is 5.69 Å². The number of carbonyl (C=O) groups is 1. The minimum atomic E-state index is 0.124. The van der Waals surface area contributed by atoms with Gasteiger partial charge in [0.05, 0.1) is 23.1 Å². The van der Waals surface area contributed by atoms with Crippen LogP contribution in [0.25, 0.3) is 5.69 Å². The predicted molar refractivity (Wildman–Crippen MR) is 82.8 cm³/mol. The molecule has 1 saturated heterocycles. The smallest absolute Gasteiger partial charge is 0.257 e. The third-order valence-corrected chi connectivity index (χ3v) is 3.98. The fourth-order valence-electron chi connectivity index (χ4n) is 2.94. The Morgan fingerprint density at radius 1 is 1.14 bits per heavy atom. The molecule has 2 aromatic rings. The average Bonchev–Trinajstić information content (AvgIpc) is 3.17. The van der Waals surface area contributed by atoms with Crippen LogP contribution in [0, 0.1) is 0 Å². The van der Waals surface area contributed by atoms with Gasteiger partial charge in [0.1, 0.15) is 0 Å². The van der Waals surface area contributed by atoms with Gasteiger partial charge in [0, 0.05) is 13.1 Å². The van der Waals surface area contributed by atoms with Crippen LogP contribution in [0.4, 0.5) is 0 Å². The van der Waals surface area contributed by atoms with E-state index in [9.17, 15) is 4.79 Å². The first kappa shape index (κ1) is 13.9. The number of nitrogens with zero attached hydrogens (tertiary/aromatic N) is 3. The van der Waals surface area contributed by atoms with Crippen molar-refractivity contribution in [3.63, 3.8) is 0 Å². The fraction of sp³-hybridized carbons (Fsp3) is 0.412. The summed E-state index contributed by atoms with van der Waals surface area (Å²) in [5, 5.41) is 4.47. The number of para-hydroxylation sites is 1. The van der Waals surface area contributed by atoms with E-state index in [1.54, 1.807) is 6.20 Å². The summed E-state index contributed by atoms with van der Waals surface area (Å²) in [5.74, 6) is 0.368. The molecule has 1 aromatic heterocycles. The van der Waals surface area contributed by atoms with Gasteiger partial charge in [-0.1, -0.05) is 32.0 Å². The monoisotopic (exact) mass is 283 g/mol. The Balaban J connectivity index is 2.02. The van der Waals surface area contributed by atoms with E-state index in [0.717, 1.165) is 42.9 Å². The van der Waals surface area contributed by atoms with Gasteiger partial charge in [-0.15, -0.1) is 0 Å². The summed E-state index contributed by atoms with van der Waals surface area (Å²) < 4.78 is 1.90. The van der Waals surface area contributed by atoms with Crippen LogP contribution in [0.5, 0.6) is 0 Å². The quantitative estimate of drug-likeness (QED) is 0.867. The van der Waals surface area contributed by atoms with Crippen molar-refractivity contribution < 1.29 is 4.79 Å². The van der Waals surface area contributed by atoms with E-state index < -0.39 is 0 Å². The molecular weight excluding hydrogens is 262 g/mol. The minimum absolute atomic E-state index is 0.124. The number of amides is 1. The number of carbonyl (C=O) groups excluding carboxylic acids is 1. The Morgan fingerprint density at radius 2 is 1.81 bits per heavy atom. The normalized spacial score (nSPS) is 14.9. The molecule has 1 aromatic carbocycles. The highest BCUT2D eigenvalue weighted by atomic mass is 16.2. The highest BCUT2D eigenvalue weighted by Gasteiger charge is 2.26. The summed E-state index contributed by atoms with van der Waals surface area (Å²) in [6.07, 6.45) is 3.94. The Labute approximate surface area is 125 Å². The minimum Gasteiger partial charge on any atom is -0.339 e. The Bertz CT molecular complexity index is 625. The second-order valence-electron chi connectivity index (χ2n) is 5.84. The Morgan fingerprint density at radius 3 is 2.43 bits per heavy atom. The highest BCUT2D eigenvalue weighted by Crippen LogP contribution is 2.25. The topological polar surface area (TPSA) is 38.1 Å². The molecule has 1 aliphatic rings. The van der Waals surface area contributed by atoms with Gasteiger partial charge in [-0.05, 0) is 30.9 Å². The fourth-order valence-corrected chi connectivity index (χ4v) is 2.94. The van der Waals surface area contributed by atoms with E-state index in [2.05, 4.69) is 18.9 Å². The van der Waals surface area contributed by atoms with E-state index >= 15 is 0 Å². The number of rotatable bonds is 3. The lowest BCUT2D eigenvalue weighted by atomic mass is 10.0. The van der Waals surface area contributed by atoms with E-state index in [1.165, 1.54) is 0 Å². The summed E-state index contributed by atoms with van der Waals surface area (Å²) >= 11 is 0. The third-order valence-electron chi connectivity index (χ3n) is 3.98. The molecule has 0 atom stereocenters. The lowest BCUT2D eigenvalue weighted by Gasteiger charge is -2.17. The van der Waals surface area contributed by atoms with Crippen molar-refractivity contribution >= 4 is 5.91 Å². The molecule has 4 heteroatoms. The van der Waals surface area contributed by atoms with Gasteiger partial charge in [-0.2, -0.15) is 5.10 Å². The van der Waals surface area contributed by atoms with Crippen molar-refractivity contribution in [1.29, 1.82) is 0 Å². The largest absolute Gasteiger partial charge is 0.339 e. The summed E-state index contributed by atoms with van der Waals surface area (Å²) in [6.45, 7) is 5.95. The molecule has 4 nitrogen and oxygen atoms in total. The van der Waals surface area contributed by atoms with E-state index in [4.69, 9.17) is 0 Å². The number of aromatic nitrogens is 2. The van der Waals surface area contributed by atoms with Gasteiger partial charge in [-0.3, -0.25) is 4.79 Å². The molecule has 0 unspecified atom stereocenters. The summed E-state index contributed by atoms with van der Waals surface area (Å²) in [7, 11) is 0. The van der Waals surface area contributed by atoms with Crippen LogP contribution in [0.1, 0.15) is 48.7 Å². The van der Waals surface area contributed by atoms with Crippen LogP contribution in [0.2, 0.25) is 0 Å². The molecule has 1 aliphatic heterocycles. The van der Waals surface area contributed by atoms with E-state index in [1.807, 2.05) is 39.9 Å². The van der Waals surface area contributed by atoms with E-state index in [-0.39, 0.29) is 11.8 Å². The molecule has 0 radical (unpaired) electrons. The van der Waals surface area contributed by atoms with Crippen LogP contribution in [0.3, 0.4) is 0 Å². The zero-order chi connectivity index (χ0) is 14.8. The molecule has 3 rings (SSSR count). The van der Waals surface area contributed by atoms with Gasteiger partial charge in [0.2, 0.25) is 0 Å². The number of likely N-dealkylation sites (tertiary alicyclic amines) is 1. The summed E-state index contributed by atoms with van der Waals surface area (Å²) in [5.41, 5.74) is 2.75. The van der Waals surface area contributed by atoms with Crippen molar-refractivity contribution in [2.24, 2.45) is 0 Å². The van der Waals surface area contributed by atoms with Gasteiger partial charge in [0.15, 0.2) is 0 Å². The zero-order valence-electron chi connectivity index (χ0n) is 12.6. The molecule has 21 heavy (non-hydrogen) atoms. The Kier molecular flexibility index (Phi) is 3.78. The highest BCUT2D eigenvalue weighted by molar-refractivity contribution is 5.95. The van der Waals surface area contributed by atoms with Crippen LogP contribution in [-0.4, -0.2) is 33.7 Å². The molecule has 0 spiro atoms. The van der Waals surface area contributed by atoms with Crippen LogP contribution in [0.15, 0.2) is 36.5 Å². The third kappa shape index (κ3) is 2.58. The number of benzene rings is 1. The molecule has 0 bridgehead atoms. The van der Waals surface area contributed by atoms with Crippen molar-refractivity contribution in [1.82, 2.24) is 14.7 Å². The van der Waals surface area contributed by atoms with Gasteiger partial charge >= 0.3 is 0 Å². The van der Waals surface area contributed by atoms with Gasteiger partial charge in [0.25, 0.3) is 5.91 Å². The van der Waals surface area contributed by atoms with Crippen LogP contribution < -0.4 is 0 Å². The molecule has 0 saturated carbocycles. The Hall–Kier alpha value is -2.10. The lowest BCUT2D eigenvalue weighted by Crippen LogP contribution is -2.28. The average molecular weight is 283 g/mol. The van der Waals surface area contributed by atoms with Crippen molar-refractivity contribution in [2.45, 2.75) is 32.6 Å². The maximum Gasteiger partial charge on any atom is 0.257 e. The molecular formula is C17H21N3O. The maximum atomic E-state index is 12.7.